The highest BCUT2D eigenvalue weighted by atomic mass is 16.5. The zero-order valence-electron chi connectivity index (χ0n) is 12.8. The third kappa shape index (κ3) is 4.46. The van der Waals surface area contributed by atoms with Gasteiger partial charge in [-0.1, -0.05) is 31.7 Å². The number of nitrogens with zero attached hydrogens (tertiary/aromatic N) is 2. The van der Waals surface area contributed by atoms with Gasteiger partial charge in [0.25, 0.3) is 0 Å². The van der Waals surface area contributed by atoms with Crippen molar-refractivity contribution in [3.05, 3.63) is 59.9 Å². The normalized spacial score (nSPS) is 10.6. The monoisotopic (exact) mass is 285 g/mol. The highest BCUT2D eigenvalue weighted by Crippen LogP contribution is 2.12. The van der Waals surface area contributed by atoms with Crippen molar-refractivity contribution >= 4 is 0 Å². The molecule has 0 unspecified atom stereocenters. The van der Waals surface area contributed by atoms with Crippen LogP contribution in [0.2, 0.25) is 0 Å². The first-order valence-corrected chi connectivity index (χ1v) is 7.27. The molecule has 0 bridgehead atoms. The molecule has 0 spiro atoms. The number of nitrogens with one attached hydrogen (secondary N) is 1. The van der Waals surface area contributed by atoms with Crippen LogP contribution in [0.5, 0.6) is 5.75 Å². The molecule has 1 aromatic heterocycles. The summed E-state index contributed by atoms with van der Waals surface area (Å²) in [5, 5.41) is 7.91. The van der Waals surface area contributed by atoms with Crippen molar-refractivity contribution in [2.24, 2.45) is 7.05 Å². The summed E-state index contributed by atoms with van der Waals surface area (Å²) < 4.78 is 7.34. The molecule has 0 amide bonds. The van der Waals surface area contributed by atoms with Gasteiger partial charge in [-0.3, -0.25) is 4.68 Å². The van der Waals surface area contributed by atoms with E-state index in [9.17, 15) is 0 Å². The minimum atomic E-state index is 0.540. The van der Waals surface area contributed by atoms with E-state index in [-0.39, 0.29) is 0 Å². The lowest BCUT2D eigenvalue weighted by atomic mass is 10.2. The van der Waals surface area contributed by atoms with Crippen molar-refractivity contribution in [1.29, 1.82) is 0 Å². The fourth-order valence-electron chi connectivity index (χ4n) is 2.23. The third-order valence-electron chi connectivity index (χ3n) is 3.26. The van der Waals surface area contributed by atoms with Crippen molar-refractivity contribution in [3.63, 3.8) is 0 Å². The molecule has 0 aliphatic rings. The maximum atomic E-state index is 5.47. The Labute approximate surface area is 126 Å². The SMILES string of the molecule is C=CCOc1ccc(CNCc2cn(C)nc2CC)cc1. The van der Waals surface area contributed by atoms with Crippen LogP contribution >= 0.6 is 0 Å². The van der Waals surface area contributed by atoms with E-state index in [0.29, 0.717) is 6.61 Å². The van der Waals surface area contributed by atoms with Crippen LogP contribution in [0.1, 0.15) is 23.7 Å². The quantitative estimate of drug-likeness (QED) is 0.758. The van der Waals surface area contributed by atoms with E-state index in [1.807, 2.05) is 23.9 Å². The summed E-state index contributed by atoms with van der Waals surface area (Å²) in [5.74, 6) is 0.874. The second-order valence-corrected chi connectivity index (χ2v) is 4.98. The van der Waals surface area contributed by atoms with Crippen molar-refractivity contribution < 1.29 is 4.74 Å². The fourth-order valence-corrected chi connectivity index (χ4v) is 2.23. The van der Waals surface area contributed by atoms with E-state index in [1.165, 1.54) is 11.1 Å². The van der Waals surface area contributed by atoms with Gasteiger partial charge in [-0.2, -0.15) is 5.10 Å². The number of hydrogen-bond donors (Lipinski definition) is 1. The van der Waals surface area contributed by atoms with Gasteiger partial charge in [0.15, 0.2) is 0 Å². The van der Waals surface area contributed by atoms with Crippen LogP contribution in [0.3, 0.4) is 0 Å². The van der Waals surface area contributed by atoms with Gasteiger partial charge in [-0.15, -0.1) is 0 Å². The van der Waals surface area contributed by atoms with Crippen LogP contribution in [0.15, 0.2) is 43.1 Å². The summed E-state index contributed by atoms with van der Waals surface area (Å²) in [6.45, 7) is 7.98. The third-order valence-corrected chi connectivity index (χ3v) is 3.26. The molecule has 2 rings (SSSR count). The van der Waals surface area contributed by atoms with E-state index in [0.717, 1.165) is 31.0 Å². The fraction of sp³-hybridized carbons (Fsp3) is 0.353. The molecule has 4 heteroatoms. The molecule has 0 aliphatic carbocycles. The van der Waals surface area contributed by atoms with Gasteiger partial charge in [-0.05, 0) is 24.1 Å². The largest absolute Gasteiger partial charge is 0.490 e. The lowest BCUT2D eigenvalue weighted by Crippen LogP contribution is -2.13. The molecule has 2 aromatic rings. The van der Waals surface area contributed by atoms with Gasteiger partial charge >= 0.3 is 0 Å². The number of benzene rings is 1. The molecule has 1 N–H and O–H groups in total. The Morgan fingerprint density at radius 1 is 1.29 bits per heavy atom. The molecular weight excluding hydrogens is 262 g/mol. The first-order valence-electron chi connectivity index (χ1n) is 7.27. The Morgan fingerprint density at radius 2 is 2.05 bits per heavy atom. The van der Waals surface area contributed by atoms with E-state index >= 15 is 0 Å². The zero-order chi connectivity index (χ0) is 15.1. The summed E-state index contributed by atoms with van der Waals surface area (Å²) in [6.07, 6.45) is 4.79. The number of ether oxygens (including phenoxy) is 1. The summed E-state index contributed by atoms with van der Waals surface area (Å²) in [4.78, 5) is 0. The zero-order valence-corrected chi connectivity index (χ0v) is 12.8. The smallest absolute Gasteiger partial charge is 0.119 e. The van der Waals surface area contributed by atoms with Gasteiger partial charge < -0.3 is 10.1 Å². The first-order chi connectivity index (χ1) is 10.2. The average Bonchev–Trinajstić information content (AvgIpc) is 2.86. The molecule has 1 aromatic carbocycles. The number of rotatable bonds is 8. The summed E-state index contributed by atoms with van der Waals surface area (Å²) >= 11 is 0. The summed E-state index contributed by atoms with van der Waals surface area (Å²) in [6, 6.07) is 8.13. The second kappa shape index (κ2) is 7.64. The molecular formula is C17H23N3O. The molecule has 0 saturated carbocycles. The lowest BCUT2D eigenvalue weighted by molar-refractivity contribution is 0.363. The van der Waals surface area contributed by atoms with Crippen LogP contribution in [0.25, 0.3) is 0 Å². The van der Waals surface area contributed by atoms with Crippen LogP contribution in [-0.2, 0) is 26.6 Å². The van der Waals surface area contributed by atoms with Crippen molar-refractivity contribution in [3.8, 4) is 5.75 Å². The Hall–Kier alpha value is -2.07. The predicted octanol–water partition coefficient (Wildman–Crippen LogP) is 2.84. The molecule has 0 fully saturated rings. The van der Waals surface area contributed by atoms with Crippen LogP contribution in [0, 0.1) is 0 Å². The molecule has 0 radical (unpaired) electrons. The van der Waals surface area contributed by atoms with Gasteiger partial charge in [0.1, 0.15) is 12.4 Å². The average molecular weight is 285 g/mol. The Kier molecular flexibility index (Phi) is 5.58. The number of aromatic nitrogens is 2. The van der Waals surface area contributed by atoms with Crippen LogP contribution in [0.4, 0.5) is 0 Å². The standard InChI is InChI=1S/C17H23N3O/c1-4-10-21-16-8-6-14(7-9-16)11-18-12-15-13-20(3)19-17(15)5-2/h4,6-9,13,18H,1,5,10-12H2,2-3H3. The number of aryl methyl sites for hydroxylation is 2. The first kappa shape index (κ1) is 15.3. The van der Waals surface area contributed by atoms with E-state index in [4.69, 9.17) is 4.74 Å². The van der Waals surface area contributed by atoms with Crippen molar-refractivity contribution in [2.45, 2.75) is 26.4 Å². The van der Waals surface area contributed by atoms with Gasteiger partial charge in [0.2, 0.25) is 0 Å². The summed E-state index contributed by atoms with van der Waals surface area (Å²) in [7, 11) is 1.96. The van der Waals surface area contributed by atoms with Gasteiger partial charge in [0, 0.05) is 31.9 Å². The van der Waals surface area contributed by atoms with Crippen molar-refractivity contribution in [2.75, 3.05) is 6.61 Å². The molecule has 112 valence electrons. The molecule has 0 saturated heterocycles. The van der Waals surface area contributed by atoms with Gasteiger partial charge in [0.05, 0.1) is 5.69 Å². The highest BCUT2D eigenvalue weighted by Gasteiger charge is 2.05. The Morgan fingerprint density at radius 3 is 2.71 bits per heavy atom. The molecule has 1 heterocycles. The highest BCUT2D eigenvalue weighted by molar-refractivity contribution is 5.27. The topological polar surface area (TPSA) is 39.1 Å². The molecule has 0 atom stereocenters. The Bertz CT molecular complexity index is 572. The second-order valence-electron chi connectivity index (χ2n) is 4.98. The maximum Gasteiger partial charge on any atom is 0.119 e. The predicted molar refractivity (Wildman–Crippen MR) is 85.3 cm³/mol. The van der Waals surface area contributed by atoms with E-state index in [2.05, 4.69) is 42.2 Å². The van der Waals surface area contributed by atoms with E-state index < -0.39 is 0 Å². The maximum absolute atomic E-state index is 5.47. The minimum absolute atomic E-state index is 0.540. The number of hydrogen-bond acceptors (Lipinski definition) is 3. The van der Waals surface area contributed by atoms with Crippen molar-refractivity contribution in [1.82, 2.24) is 15.1 Å². The summed E-state index contributed by atoms with van der Waals surface area (Å²) in [5.41, 5.74) is 3.67. The molecule has 0 aliphatic heterocycles. The van der Waals surface area contributed by atoms with Crippen LogP contribution in [-0.4, -0.2) is 16.4 Å². The van der Waals surface area contributed by atoms with Crippen LogP contribution < -0.4 is 10.1 Å². The minimum Gasteiger partial charge on any atom is -0.490 e. The Balaban J connectivity index is 1.84. The van der Waals surface area contributed by atoms with E-state index in [1.54, 1.807) is 6.08 Å². The molecule has 4 nitrogen and oxygen atoms in total. The lowest BCUT2D eigenvalue weighted by Gasteiger charge is -2.07. The molecule has 21 heavy (non-hydrogen) atoms. The van der Waals surface area contributed by atoms with Gasteiger partial charge in [-0.25, -0.2) is 0 Å².